The second-order valence-electron chi connectivity index (χ2n) is 6.79. The lowest BCUT2D eigenvalue weighted by atomic mass is 10.1. The molecule has 1 heterocycles. The molecule has 6 heteroatoms. The van der Waals surface area contributed by atoms with E-state index in [1.807, 2.05) is 36.9 Å². The van der Waals surface area contributed by atoms with Crippen LogP contribution in [0.4, 0.5) is 15.8 Å². The Morgan fingerprint density at radius 2 is 1.70 bits per heavy atom. The van der Waals surface area contributed by atoms with E-state index in [-0.39, 0.29) is 24.1 Å². The number of hydrogen-bond donors (Lipinski definition) is 1. The van der Waals surface area contributed by atoms with E-state index in [1.54, 1.807) is 23.1 Å². The first-order valence-electron chi connectivity index (χ1n) is 9.09. The quantitative estimate of drug-likeness (QED) is 0.843. The predicted octanol–water partition coefficient (Wildman–Crippen LogP) is 3.12. The van der Waals surface area contributed by atoms with Gasteiger partial charge in [0.2, 0.25) is 11.8 Å². The fourth-order valence-corrected chi connectivity index (χ4v) is 3.24. The maximum atomic E-state index is 13.9. The van der Waals surface area contributed by atoms with Crippen LogP contribution in [0.2, 0.25) is 0 Å². The molecule has 0 saturated carbocycles. The molecule has 0 bridgehead atoms. The van der Waals surface area contributed by atoms with Gasteiger partial charge in [0.05, 0.1) is 5.69 Å². The van der Waals surface area contributed by atoms with Gasteiger partial charge in [0.25, 0.3) is 0 Å². The SMILES string of the molecule is Cc1cccc(NC(=O)CC(=O)N2CCN(c3ccccc3F)CC2)c1C. The number of nitrogens with one attached hydrogen (secondary N) is 1. The summed E-state index contributed by atoms with van der Waals surface area (Å²) in [6, 6.07) is 12.3. The van der Waals surface area contributed by atoms with Crippen molar-refractivity contribution >= 4 is 23.2 Å². The Morgan fingerprint density at radius 3 is 2.41 bits per heavy atom. The second-order valence-corrected chi connectivity index (χ2v) is 6.79. The highest BCUT2D eigenvalue weighted by Gasteiger charge is 2.24. The molecular weight excluding hydrogens is 345 g/mol. The Morgan fingerprint density at radius 1 is 1.00 bits per heavy atom. The van der Waals surface area contributed by atoms with Gasteiger partial charge in [-0.3, -0.25) is 9.59 Å². The molecule has 142 valence electrons. The Kier molecular flexibility index (Phi) is 5.74. The highest BCUT2D eigenvalue weighted by atomic mass is 19.1. The van der Waals surface area contributed by atoms with Crippen molar-refractivity contribution in [3.8, 4) is 0 Å². The summed E-state index contributed by atoms with van der Waals surface area (Å²) in [5, 5.41) is 2.82. The number of carbonyl (C=O) groups excluding carboxylic acids is 2. The fraction of sp³-hybridized carbons (Fsp3) is 0.333. The molecule has 0 radical (unpaired) electrons. The number of aryl methyl sites for hydroxylation is 1. The Labute approximate surface area is 158 Å². The van der Waals surface area contributed by atoms with Crippen LogP contribution in [0.1, 0.15) is 17.5 Å². The molecule has 0 aromatic heterocycles. The summed E-state index contributed by atoms with van der Waals surface area (Å²) < 4.78 is 13.9. The van der Waals surface area contributed by atoms with Crippen molar-refractivity contribution in [1.82, 2.24) is 4.90 Å². The van der Waals surface area contributed by atoms with E-state index >= 15 is 0 Å². The topological polar surface area (TPSA) is 52.7 Å². The molecule has 1 fully saturated rings. The molecule has 2 amide bonds. The standard InChI is InChI=1S/C21H24FN3O2/c1-15-6-5-8-18(16(15)2)23-20(26)14-21(27)25-12-10-24(11-13-25)19-9-4-3-7-17(19)22/h3-9H,10-14H2,1-2H3,(H,23,26). The average molecular weight is 369 g/mol. The minimum atomic E-state index is -0.315. The Balaban J connectivity index is 1.53. The summed E-state index contributed by atoms with van der Waals surface area (Å²) in [6.45, 7) is 5.96. The van der Waals surface area contributed by atoms with Crippen LogP contribution in [0, 0.1) is 19.7 Å². The molecule has 1 N–H and O–H groups in total. The first kappa shape index (κ1) is 18.9. The molecule has 3 rings (SSSR count). The van der Waals surface area contributed by atoms with Crippen molar-refractivity contribution < 1.29 is 14.0 Å². The molecule has 1 aliphatic heterocycles. The normalized spacial score (nSPS) is 14.2. The van der Waals surface area contributed by atoms with E-state index in [4.69, 9.17) is 0 Å². The smallest absolute Gasteiger partial charge is 0.233 e. The number of amides is 2. The van der Waals surface area contributed by atoms with E-state index in [9.17, 15) is 14.0 Å². The first-order valence-corrected chi connectivity index (χ1v) is 9.09. The lowest BCUT2D eigenvalue weighted by Crippen LogP contribution is -2.49. The third-order valence-electron chi connectivity index (χ3n) is 5.02. The van der Waals surface area contributed by atoms with Gasteiger partial charge < -0.3 is 15.1 Å². The molecule has 1 saturated heterocycles. The fourth-order valence-electron chi connectivity index (χ4n) is 3.24. The van der Waals surface area contributed by atoms with E-state index in [0.29, 0.717) is 31.9 Å². The van der Waals surface area contributed by atoms with Crippen molar-refractivity contribution in [2.75, 3.05) is 36.4 Å². The number of carbonyl (C=O) groups is 2. The van der Waals surface area contributed by atoms with Crippen LogP contribution in [-0.4, -0.2) is 42.9 Å². The van der Waals surface area contributed by atoms with Gasteiger partial charge in [0.1, 0.15) is 12.2 Å². The minimum absolute atomic E-state index is 0.187. The number of hydrogen-bond acceptors (Lipinski definition) is 3. The summed E-state index contributed by atoms with van der Waals surface area (Å²) in [5.41, 5.74) is 3.37. The van der Waals surface area contributed by atoms with E-state index in [1.165, 1.54) is 6.07 Å². The molecular formula is C21H24FN3O2. The molecule has 0 aliphatic carbocycles. The third kappa shape index (κ3) is 4.45. The Bertz CT molecular complexity index is 845. The number of benzene rings is 2. The summed E-state index contributed by atoms with van der Waals surface area (Å²) in [4.78, 5) is 28.3. The zero-order valence-corrected chi connectivity index (χ0v) is 15.7. The number of para-hydroxylation sites is 1. The monoisotopic (exact) mass is 369 g/mol. The summed E-state index contributed by atoms with van der Waals surface area (Å²) in [5.74, 6) is -0.776. The van der Waals surface area contributed by atoms with Crippen LogP contribution < -0.4 is 10.2 Å². The Hall–Kier alpha value is -2.89. The van der Waals surface area contributed by atoms with E-state index in [2.05, 4.69) is 5.32 Å². The first-order chi connectivity index (χ1) is 13.0. The van der Waals surface area contributed by atoms with Gasteiger partial charge in [-0.25, -0.2) is 4.39 Å². The van der Waals surface area contributed by atoms with E-state index < -0.39 is 0 Å². The molecule has 1 aliphatic rings. The lowest BCUT2D eigenvalue weighted by Gasteiger charge is -2.36. The highest BCUT2D eigenvalue weighted by molar-refractivity contribution is 6.04. The lowest BCUT2D eigenvalue weighted by molar-refractivity contribution is -0.134. The number of anilines is 2. The van der Waals surface area contributed by atoms with Crippen molar-refractivity contribution in [1.29, 1.82) is 0 Å². The van der Waals surface area contributed by atoms with Gasteiger partial charge in [0.15, 0.2) is 0 Å². The molecule has 27 heavy (non-hydrogen) atoms. The number of halogens is 1. The van der Waals surface area contributed by atoms with Gasteiger partial charge in [-0.05, 0) is 43.2 Å². The molecule has 5 nitrogen and oxygen atoms in total. The minimum Gasteiger partial charge on any atom is -0.366 e. The van der Waals surface area contributed by atoms with Gasteiger partial charge in [-0.1, -0.05) is 24.3 Å². The maximum absolute atomic E-state index is 13.9. The summed E-state index contributed by atoms with van der Waals surface area (Å²) in [7, 11) is 0. The summed E-state index contributed by atoms with van der Waals surface area (Å²) >= 11 is 0. The van der Waals surface area contributed by atoms with Crippen LogP contribution in [0.3, 0.4) is 0 Å². The van der Waals surface area contributed by atoms with Crippen molar-refractivity contribution in [3.05, 3.63) is 59.4 Å². The van der Waals surface area contributed by atoms with Crippen LogP contribution >= 0.6 is 0 Å². The largest absolute Gasteiger partial charge is 0.366 e. The summed E-state index contributed by atoms with van der Waals surface area (Å²) in [6.07, 6.45) is -0.187. The second kappa shape index (κ2) is 8.20. The van der Waals surface area contributed by atoms with Crippen LogP contribution in [-0.2, 0) is 9.59 Å². The van der Waals surface area contributed by atoms with Crippen molar-refractivity contribution in [2.24, 2.45) is 0 Å². The van der Waals surface area contributed by atoms with Gasteiger partial charge in [-0.15, -0.1) is 0 Å². The molecule has 2 aromatic carbocycles. The van der Waals surface area contributed by atoms with Gasteiger partial charge in [0, 0.05) is 31.9 Å². The molecule has 2 aromatic rings. The highest BCUT2D eigenvalue weighted by Crippen LogP contribution is 2.21. The predicted molar refractivity (Wildman–Crippen MR) is 104 cm³/mol. The van der Waals surface area contributed by atoms with Crippen LogP contribution in [0.25, 0.3) is 0 Å². The maximum Gasteiger partial charge on any atom is 0.233 e. The van der Waals surface area contributed by atoms with Crippen molar-refractivity contribution in [2.45, 2.75) is 20.3 Å². The molecule has 0 spiro atoms. The van der Waals surface area contributed by atoms with Crippen LogP contribution in [0.5, 0.6) is 0 Å². The van der Waals surface area contributed by atoms with Gasteiger partial charge in [-0.2, -0.15) is 0 Å². The molecule has 0 unspecified atom stereocenters. The third-order valence-corrected chi connectivity index (χ3v) is 5.02. The van der Waals surface area contributed by atoms with E-state index in [0.717, 1.165) is 16.8 Å². The van der Waals surface area contributed by atoms with Crippen molar-refractivity contribution in [3.63, 3.8) is 0 Å². The molecule has 0 atom stereocenters. The van der Waals surface area contributed by atoms with Crippen LogP contribution in [0.15, 0.2) is 42.5 Å². The number of piperazine rings is 1. The zero-order valence-electron chi connectivity index (χ0n) is 15.7. The number of rotatable bonds is 4. The average Bonchev–Trinajstić information content (AvgIpc) is 2.66. The van der Waals surface area contributed by atoms with Gasteiger partial charge >= 0.3 is 0 Å². The zero-order chi connectivity index (χ0) is 19.4. The number of nitrogens with zero attached hydrogens (tertiary/aromatic N) is 2.